The molecule has 3 aromatic rings. The first kappa shape index (κ1) is 19.1. The molecular formula is C18H13Cl2F2N3O2. The Balaban J connectivity index is 1.66. The molecule has 5 nitrogen and oxygen atoms in total. The van der Waals surface area contributed by atoms with E-state index in [1.54, 1.807) is 29.1 Å². The van der Waals surface area contributed by atoms with Crippen LogP contribution in [0.25, 0.3) is 0 Å². The van der Waals surface area contributed by atoms with Crippen molar-refractivity contribution in [2.45, 2.75) is 13.2 Å². The largest absolute Gasteiger partial charge is 0.435 e. The van der Waals surface area contributed by atoms with Gasteiger partial charge in [0.1, 0.15) is 5.75 Å². The molecule has 0 unspecified atom stereocenters. The normalized spacial score (nSPS) is 10.9. The van der Waals surface area contributed by atoms with Crippen LogP contribution in [0.4, 0.5) is 14.5 Å². The van der Waals surface area contributed by atoms with Gasteiger partial charge in [-0.3, -0.25) is 9.48 Å². The summed E-state index contributed by atoms with van der Waals surface area (Å²) in [4.78, 5) is 12.2. The molecule has 0 saturated carbocycles. The number of alkyl halides is 2. The zero-order chi connectivity index (χ0) is 19.4. The fourth-order valence-electron chi connectivity index (χ4n) is 2.35. The van der Waals surface area contributed by atoms with Crippen LogP contribution < -0.4 is 10.1 Å². The Morgan fingerprint density at radius 3 is 2.44 bits per heavy atom. The molecular weight excluding hydrogens is 399 g/mol. The Morgan fingerprint density at radius 2 is 1.81 bits per heavy atom. The number of rotatable bonds is 6. The van der Waals surface area contributed by atoms with Crippen LogP contribution in [0.1, 0.15) is 15.9 Å². The van der Waals surface area contributed by atoms with Crippen molar-refractivity contribution in [2.75, 3.05) is 5.32 Å². The van der Waals surface area contributed by atoms with E-state index in [1.807, 2.05) is 0 Å². The lowest BCUT2D eigenvalue weighted by atomic mass is 10.2. The summed E-state index contributed by atoms with van der Waals surface area (Å²) < 4.78 is 30.1. The van der Waals surface area contributed by atoms with Crippen LogP contribution in [0.2, 0.25) is 10.0 Å². The van der Waals surface area contributed by atoms with E-state index in [-0.39, 0.29) is 5.75 Å². The number of ether oxygens (including phenoxy) is 1. The number of nitrogens with one attached hydrogen (secondary N) is 1. The Kier molecular flexibility index (Phi) is 5.93. The summed E-state index contributed by atoms with van der Waals surface area (Å²) in [6.07, 6.45) is 3.11. The molecule has 9 heteroatoms. The van der Waals surface area contributed by atoms with Gasteiger partial charge in [0.05, 0.1) is 18.4 Å². The third-order valence-electron chi connectivity index (χ3n) is 3.61. The van der Waals surface area contributed by atoms with Crippen LogP contribution in [-0.2, 0) is 6.54 Å². The second kappa shape index (κ2) is 8.37. The molecule has 1 N–H and O–H groups in total. The van der Waals surface area contributed by atoms with Gasteiger partial charge < -0.3 is 10.1 Å². The maximum absolute atomic E-state index is 12.2. The van der Waals surface area contributed by atoms with E-state index < -0.39 is 12.5 Å². The highest BCUT2D eigenvalue weighted by molar-refractivity contribution is 6.35. The molecule has 0 aliphatic heterocycles. The average Bonchev–Trinajstić information content (AvgIpc) is 3.05. The number of anilines is 1. The van der Waals surface area contributed by atoms with Crippen molar-refractivity contribution in [3.05, 3.63) is 76.0 Å². The number of aromatic nitrogens is 2. The van der Waals surface area contributed by atoms with Gasteiger partial charge in [0.25, 0.3) is 5.91 Å². The molecule has 0 radical (unpaired) electrons. The van der Waals surface area contributed by atoms with Crippen molar-refractivity contribution >= 4 is 34.8 Å². The molecule has 0 aliphatic rings. The lowest BCUT2D eigenvalue weighted by Gasteiger charge is -2.07. The van der Waals surface area contributed by atoms with Gasteiger partial charge in [-0.05, 0) is 36.4 Å². The first-order chi connectivity index (χ1) is 12.9. The minimum absolute atomic E-state index is 0.0222. The van der Waals surface area contributed by atoms with E-state index in [1.165, 1.54) is 30.5 Å². The second-order valence-corrected chi connectivity index (χ2v) is 6.30. The highest BCUT2D eigenvalue weighted by Crippen LogP contribution is 2.25. The van der Waals surface area contributed by atoms with Crippen molar-refractivity contribution in [1.82, 2.24) is 9.78 Å². The molecule has 1 heterocycles. The smallest absolute Gasteiger partial charge is 0.387 e. The predicted octanol–water partition coefficient (Wildman–Crippen LogP) is 5.09. The molecule has 2 aromatic carbocycles. The Labute approximate surface area is 163 Å². The number of hydrogen-bond acceptors (Lipinski definition) is 3. The van der Waals surface area contributed by atoms with Gasteiger partial charge in [-0.25, -0.2) is 0 Å². The predicted molar refractivity (Wildman–Crippen MR) is 98.8 cm³/mol. The highest BCUT2D eigenvalue weighted by atomic mass is 35.5. The fourth-order valence-corrected chi connectivity index (χ4v) is 2.87. The molecule has 27 heavy (non-hydrogen) atoms. The van der Waals surface area contributed by atoms with Gasteiger partial charge in [-0.2, -0.15) is 13.9 Å². The third-order valence-corrected chi connectivity index (χ3v) is 4.32. The van der Waals surface area contributed by atoms with Gasteiger partial charge in [0, 0.05) is 27.4 Å². The molecule has 0 spiro atoms. The van der Waals surface area contributed by atoms with Crippen LogP contribution in [0, 0.1) is 0 Å². The summed E-state index contributed by atoms with van der Waals surface area (Å²) in [7, 11) is 0. The molecule has 0 saturated heterocycles. The number of carbonyl (C=O) groups is 1. The Morgan fingerprint density at radius 1 is 1.15 bits per heavy atom. The van der Waals surface area contributed by atoms with Crippen molar-refractivity contribution < 1.29 is 18.3 Å². The minimum Gasteiger partial charge on any atom is -0.435 e. The zero-order valence-corrected chi connectivity index (χ0v) is 15.2. The van der Waals surface area contributed by atoms with Crippen molar-refractivity contribution in [1.29, 1.82) is 0 Å². The molecule has 0 atom stereocenters. The van der Waals surface area contributed by atoms with Crippen molar-refractivity contribution in [3.63, 3.8) is 0 Å². The Hall–Kier alpha value is -2.64. The van der Waals surface area contributed by atoms with Crippen LogP contribution in [0.15, 0.2) is 54.9 Å². The third kappa shape index (κ3) is 4.96. The van der Waals surface area contributed by atoms with E-state index in [0.717, 1.165) is 5.56 Å². The van der Waals surface area contributed by atoms with E-state index in [0.29, 0.717) is 27.8 Å². The van der Waals surface area contributed by atoms with E-state index in [9.17, 15) is 13.6 Å². The molecule has 140 valence electrons. The number of benzene rings is 2. The summed E-state index contributed by atoms with van der Waals surface area (Å²) in [6.45, 7) is -2.57. The van der Waals surface area contributed by atoms with Crippen LogP contribution >= 0.6 is 23.2 Å². The highest BCUT2D eigenvalue weighted by Gasteiger charge is 2.11. The lowest BCUT2D eigenvalue weighted by molar-refractivity contribution is -0.0498. The van der Waals surface area contributed by atoms with Crippen LogP contribution in [-0.4, -0.2) is 22.3 Å². The zero-order valence-electron chi connectivity index (χ0n) is 13.7. The quantitative estimate of drug-likeness (QED) is 0.614. The number of nitrogens with zero attached hydrogens (tertiary/aromatic N) is 2. The lowest BCUT2D eigenvalue weighted by Crippen LogP contribution is -2.11. The summed E-state index contributed by atoms with van der Waals surface area (Å²) in [5.41, 5.74) is 1.48. The van der Waals surface area contributed by atoms with Gasteiger partial charge in [0.2, 0.25) is 0 Å². The summed E-state index contributed by atoms with van der Waals surface area (Å²) >= 11 is 12.3. The molecule has 1 aromatic heterocycles. The van der Waals surface area contributed by atoms with Gasteiger partial charge >= 0.3 is 6.61 Å². The summed E-state index contributed by atoms with van der Waals surface area (Å²) in [5.74, 6) is -0.431. The van der Waals surface area contributed by atoms with Crippen LogP contribution in [0.5, 0.6) is 5.75 Å². The first-order valence-corrected chi connectivity index (χ1v) is 8.49. The second-order valence-electron chi connectivity index (χ2n) is 5.48. The summed E-state index contributed by atoms with van der Waals surface area (Å²) in [5, 5.41) is 7.89. The number of carbonyl (C=O) groups excluding carboxylic acids is 1. The molecule has 0 fully saturated rings. The van der Waals surface area contributed by atoms with Gasteiger partial charge in [-0.1, -0.05) is 29.3 Å². The molecule has 1 amide bonds. The first-order valence-electron chi connectivity index (χ1n) is 7.74. The van der Waals surface area contributed by atoms with Crippen molar-refractivity contribution in [3.8, 4) is 5.75 Å². The monoisotopic (exact) mass is 411 g/mol. The number of halogens is 4. The van der Waals surface area contributed by atoms with Gasteiger partial charge in [-0.15, -0.1) is 0 Å². The van der Waals surface area contributed by atoms with Gasteiger partial charge in [0.15, 0.2) is 0 Å². The van der Waals surface area contributed by atoms with E-state index in [4.69, 9.17) is 23.2 Å². The number of hydrogen-bond donors (Lipinski definition) is 1. The summed E-state index contributed by atoms with van der Waals surface area (Å²) in [6, 6.07) is 10.6. The fraction of sp³-hybridized carbons (Fsp3) is 0.111. The standard InChI is InChI=1S/C18H13Cl2F2N3O2/c19-15-2-1-3-16(20)14(15)10-25-9-12(8-23-25)24-17(26)11-4-6-13(7-5-11)27-18(21)22/h1-9,18H,10H2,(H,24,26). The van der Waals surface area contributed by atoms with E-state index in [2.05, 4.69) is 15.2 Å². The molecule has 0 aliphatic carbocycles. The average molecular weight is 412 g/mol. The van der Waals surface area contributed by atoms with E-state index >= 15 is 0 Å². The molecule has 0 bridgehead atoms. The Bertz CT molecular complexity index is 926. The topological polar surface area (TPSA) is 56.2 Å². The van der Waals surface area contributed by atoms with Crippen molar-refractivity contribution in [2.24, 2.45) is 0 Å². The van der Waals surface area contributed by atoms with Crippen LogP contribution in [0.3, 0.4) is 0 Å². The SMILES string of the molecule is O=C(Nc1cnn(Cc2c(Cl)cccc2Cl)c1)c1ccc(OC(F)F)cc1. The maximum atomic E-state index is 12.2. The maximum Gasteiger partial charge on any atom is 0.387 e. The number of amides is 1. The minimum atomic E-state index is -2.91. The molecule has 3 rings (SSSR count).